The first kappa shape index (κ1) is 16.5. The topological polar surface area (TPSA) is 83.3 Å². The maximum atomic E-state index is 12.6. The summed E-state index contributed by atoms with van der Waals surface area (Å²) >= 11 is 0. The van der Waals surface area contributed by atoms with Crippen molar-refractivity contribution in [1.82, 2.24) is 4.98 Å². The van der Waals surface area contributed by atoms with Crippen LogP contribution in [-0.2, 0) is 6.18 Å². The lowest BCUT2D eigenvalue weighted by atomic mass is 10.1. The van der Waals surface area contributed by atoms with Gasteiger partial charge >= 0.3 is 6.18 Å². The molecule has 23 heavy (non-hydrogen) atoms. The zero-order chi connectivity index (χ0) is 17.2. The molecule has 0 saturated carbocycles. The van der Waals surface area contributed by atoms with Gasteiger partial charge in [0, 0.05) is 11.8 Å². The van der Waals surface area contributed by atoms with E-state index in [9.17, 15) is 23.3 Å². The molecule has 0 unspecified atom stereocenters. The molecule has 1 aromatic carbocycles. The lowest BCUT2D eigenvalue weighted by Crippen LogP contribution is -2.06. The molecule has 0 fully saturated rings. The van der Waals surface area contributed by atoms with E-state index >= 15 is 0 Å². The van der Waals surface area contributed by atoms with Gasteiger partial charge < -0.3 is 4.98 Å². The Balaban J connectivity index is 2.26. The van der Waals surface area contributed by atoms with Crippen LogP contribution in [0.5, 0.6) is 0 Å². The minimum Gasteiger partial charge on any atom is -0.358 e. The second-order valence-corrected chi connectivity index (χ2v) is 4.91. The van der Waals surface area contributed by atoms with Crippen LogP contribution in [0.1, 0.15) is 22.5 Å². The van der Waals surface area contributed by atoms with Gasteiger partial charge in [0.2, 0.25) is 0 Å². The van der Waals surface area contributed by atoms with E-state index in [-0.39, 0.29) is 5.69 Å². The number of hydrazone groups is 1. The Hall–Kier alpha value is -2.84. The van der Waals surface area contributed by atoms with Crippen LogP contribution in [0.25, 0.3) is 0 Å². The summed E-state index contributed by atoms with van der Waals surface area (Å²) in [6.45, 7) is 3.71. The molecule has 0 bridgehead atoms. The zero-order valence-electron chi connectivity index (χ0n) is 12.2. The number of hydrogen-bond acceptors (Lipinski definition) is 4. The Labute approximate surface area is 129 Å². The first-order valence-corrected chi connectivity index (χ1v) is 6.49. The molecule has 0 spiro atoms. The molecule has 2 N–H and O–H groups in total. The number of H-pyrrole nitrogens is 1. The summed E-state index contributed by atoms with van der Waals surface area (Å²) in [5.74, 6) is 0. The third-order valence-electron chi connectivity index (χ3n) is 3.09. The summed E-state index contributed by atoms with van der Waals surface area (Å²) in [5, 5.41) is 14.8. The van der Waals surface area contributed by atoms with E-state index in [0.717, 1.165) is 23.4 Å². The first-order chi connectivity index (χ1) is 10.7. The number of aromatic nitrogens is 1. The molecular weight excluding hydrogens is 313 g/mol. The van der Waals surface area contributed by atoms with Gasteiger partial charge in [0.25, 0.3) is 5.69 Å². The number of anilines is 1. The number of nitro benzene ring substituents is 1. The highest BCUT2D eigenvalue weighted by atomic mass is 19.4. The second kappa shape index (κ2) is 6.11. The predicted octanol–water partition coefficient (Wildman–Crippen LogP) is 4.00. The molecule has 0 aliphatic rings. The summed E-state index contributed by atoms with van der Waals surface area (Å²) < 4.78 is 37.8. The monoisotopic (exact) mass is 326 g/mol. The number of alkyl halides is 3. The maximum Gasteiger partial charge on any atom is 0.416 e. The predicted molar refractivity (Wildman–Crippen MR) is 79.6 cm³/mol. The van der Waals surface area contributed by atoms with Crippen molar-refractivity contribution in [3.05, 3.63) is 56.9 Å². The van der Waals surface area contributed by atoms with Gasteiger partial charge in [0.05, 0.1) is 22.4 Å². The fourth-order valence-electron chi connectivity index (χ4n) is 2.00. The molecule has 0 radical (unpaired) electrons. The Morgan fingerprint density at radius 3 is 2.52 bits per heavy atom. The number of aryl methyl sites for hydroxylation is 2. The molecule has 0 aliphatic carbocycles. The molecule has 122 valence electrons. The summed E-state index contributed by atoms with van der Waals surface area (Å²) in [4.78, 5) is 13.1. The van der Waals surface area contributed by atoms with Crippen LogP contribution < -0.4 is 5.43 Å². The van der Waals surface area contributed by atoms with Crippen molar-refractivity contribution in [3.63, 3.8) is 0 Å². The number of nitrogens with one attached hydrogen (secondary N) is 2. The molecule has 2 rings (SSSR count). The van der Waals surface area contributed by atoms with Crippen LogP contribution in [0.4, 0.5) is 24.5 Å². The highest BCUT2D eigenvalue weighted by Crippen LogP contribution is 2.34. The van der Waals surface area contributed by atoms with E-state index in [0.29, 0.717) is 11.8 Å². The molecular formula is C14H13F3N4O2. The van der Waals surface area contributed by atoms with Crippen molar-refractivity contribution in [2.24, 2.45) is 5.10 Å². The average molecular weight is 326 g/mol. The van der Waals surface area contributed by atoms with Crippen LogP contribution in [0.15, 0.2) is 29.4 Å². The molecule has 6 nitrogen and oxygen atoms in total. The third-order valence-corrected chi connectivity index (χ3v) is 3.09. The molecule has 0 aliphatic heterocycles. The number of hydrogen-bond donors (Lipinski definition) is 2. The van der Waals surface area contributed by atoms with Crippen molar-refractivity contribution in [3.8, 4) is 0 Å². The molecule has 2 aromatic rings. The van der Waals surface area contributed by atoms with Gasteiger partial charge in [0.15, 0.2) is 0 Å². The lowest BCUT2D eigenvalue weighted by molar-refractivity contribution is -0.384. The van der Waals surface area contributed by atoms with Crippen molar-refractivity contribution in [1.29, 1.82) is 0 Å². The van der Waals surface area contributed by atoms with Crippen LogP contribution >= 0.6 is 0 Å². The van der Waals surface area contributed by atoms with Crippen LogP contribution in [0.3, 0.4) is 0 Å². The minimum absolute atomic E-state index is 0.125. The highest BCUT2D eigenvalue weighted by Gasteiger charge is 2.33. The molecule has 0 atom stereocenters. The normalized spacial score (nSPS) is 11.9. The third kappa shape index (κ3) is 3.87. The number of rotatable bonds is 4. The van der Waals surface area contributed by atoms with Crippen LogP contribution in [-0.4, -0.2) is 16.1 Å². The Morgan fingerprint density at radius 2 is 2.00 bits per heavy atom. The largest absolute Gasteiger partial charge is 0.416 e. The Kier molecular flexibility index (Phi) is 4.39. The van der Waals surface area contributed by atoms with Gasteiger partial charge in [-0.3, -0.25) is 15.5 Å². The number of nitrogens with zero attached hydrogens (tertiary/aromatic N) is 2. The minimum atomic E-state index is -4.65. The van der Waals surface area contributed by atoms with E-state index in [4.69, 9.17) is 0 Å². The number of benzene rings is 1. The van der Waals surface area contributed by atoms with Gasteiger partial charge in [-0.05, 0) is 37.6 Å². The van der Waals surface area contributed by atoms with Crippen molar-refractivity contribution < 1.29 is 18.1 Å². The molecule has 0 amide bonds. The first-order valence-electron chi connectivity index (χ1n) is 6.49. The van der Waals surface area contributed by atoms with E-state index in [2.05, 4.69) is 15.5 Å². The van der Waals surface area contributed by atoms with E-state index in [1.807, 2.05) is 19.9 Å². The van der Waals surface area contributed by atoms with Crippen LogP contribution in [0.2, 0.25) is 0 Å². The van der Waals surface area contributed by atoms with Gasteiger partial charge in [-0.1, -0.05) is 0 Å². The number of halogens is 3. The summed E-state index contributed by atoms with van der Waals surface area (Å²) in [7, 11) is 0. The highest BCUT2D eigenvalue weighted by molar-refractivity contribution is 5.80. The molecule has 9 heteroatoms. The molecule has 1 heterocycles. The zero-order valence-corrected chi connectivity index (χ0v) is 12.2. The van der Waals surface area contributed by atoms with Gasteiger partial charge in [-0.2, -0.15) is 18.3 Å². The lowest BCUT2D eigenvalue weighted by Gasteiger charge is -2.08. The quantitative estimate of drug-likeness (QED) is 0.506. The number of aromatic amines is 1. The van der Waals surface area contributed by atoms with Gasteiger partial charge in [-0.15, -0.1) is 0 Å². The second-order valence-electron chi connectivity index (χ2n) is 4.91. The molecule has 1 aromatic heterocycles. The van der Waals surface area contributed by atoms with Crippen molar-refractivity contribution >= 4 is 17.6 Å². The molecule has 0 saturated heterocycles. The smallest absolute Gasteiger partial charge is 0.358 e. The van der Waals surface area contributed by atoms with Gasteiger partial charge in [0.1, 0.15) is 5.69 Å². The SMILES string of the molecule is Cc1cc(C)c(/C=N\Nc2ccc(C(F)(F)F)cc2[N+](=O)[O-])[nH]1. The standard InChI is InChI=1S/C14H13F3N4O2/c1-8-5-9(2)19-12(8)7-18-20-11-4-3-10(14(15,16)17)6-13(11)21(22)23/h3-7,19-20H,1-2H3/b18-7-. The average Bonchev–Trinajstić information content (AvgIpc) is 2.76. The summed E-state index contributed by atoms with van der Waals surface area (Å²) in [6.07, 6.45) is -3.24. The van der Waals surface area contributed by atoms with E-state index < -0.39 is 22.4 Å². The van der Waals surface area contributed by atoms with E-state index in [1.165, 1.54) is 6.21 Å². The summed E-state index contributed by atoms with van der Waals surface area (Å²) in [5.41, 5.74) is 3.03. The van der Waals surface area contributed by atoms with Crippen molar-refractivity contribution in [2.45, 2.75) is 20.0 Å². The van der Waals surface area contributed by atoms with Gasteiger partial charge in [-0.25, -0.2) is 0 Å². The fourth-order valence-corrected chi connectivity index (χ4v) is 2.00. The number of nitro groups is 1. The Morgan fingerprint density at radius 1 is 1.30 bits per heavy atom. The van der Waals surface area contributed by atoms with E-state index in [1.54, 1.807) is 0 Å². The van der Waals surface area contributed by atoms with Crippen molar-refractivity contribution in [2.75, 3.05) is 5.43 Å². The fraction of sp³-hybridized carbons (Fsp3) is 0.214. The summed E-state index contributed by atoms with van der Waals surface area (Å²) in [6, 6.07) is 4.10. The Bertz CT molecular complexity index is 766. The maximum absolute atomic E-state index is 12.6. The van der Waals surface area contributed by atoms with Crippen LogP contribution in [0, 0.1) is 24.0 Å².